The van der Waals surface area contributed by atoms with Gasteiger partial charge in [0, 0.05) is 30.9 Å². The second-order valence-electron chi connectivity index (χ2n) is 7.43. The third kappa shape index (κ3) is 6.18. The van der Waals surface area contributed by atoms with Crippen LogP contribution in [0.15, 0.2) is 54.6 Å². The number of hydrogen-bond acceptors (Lipinski definition) is 3. The van der Waals surface area contributed by atoms with Crippen LogP contribution in [0.5, 0.6) is 0 Å². The van der Waals surface area contributed by atoms with Gasteiger partial charge in [0.05, 0.1) is 5.92 Å². The summed E-state index contributed by atoms with van der Waals surface area (Å²) in [5, 5.41) is 5.60. The van der Waals surface area contributed by atoms with E-state index in [0.29, 0.717) is 31.6 Å². The minimum Gasteiger partial charge on any atom is -0.342 e. The van der Waals surface area contributed by atoms with Gasteiger partial charge >= 0.3 is 6.03 Å². The Balaban J connectivity index is 0.00000320. The average molecular weight is 435 g/mol. The first-order chi connectivity index (χ1) is 13.9. The molecule has 0 saturated carbocycles. The molecule has 2 atom stereocenters. The second-order valence-corrected chi connectivity index (χ2v) is 7.43. The van der Waals surface area contributed by atoms with Crippen LogP contribution in [0.3, 0.4) is 0 Å². The van der Waals surface area contributed by atoms with E-state index in [0.717, 1.165) is 5.56 Å². The van der Waals surface area contributed by atoms with E-state index in [1.165, 1.54) is 24.3 Å². The molecular formula is C22H28ClFN4O2. The molecule has 3 amide bonds. The number of carbonyl (C=O) groups is 2. The summed E-state index contributed by atoms with van der Waals surface area (Å²) in [6.07, 6.45) is 1.35. The van der Waals surface area contributed by atoms with Crippen molar-refractivity contribution >= 4 is 30.0 Å². The molecule has 2 aromatic carbocycles. The number of nitrogens with zero attached hydrogens (tertiary/aromatic N) is 1. The van der Waals surface area contributed by atoms with Crippen LogP contribution in [0.1, 0.15) is 31.4 Å². The predicted octanol–water partition coefficient (Wildman–Crippen LogP) is 3.70. The van der Waals surface area contributed by atoms with Crippen molar-refractivity contribution in [1.29, 1.82) is 0 Å². The van der Waals surface area contributed by atoms with E-state index in [1.807, 2.05) is 42.2 Å². The van der Waals surface area contributed by atoms with Gasteiger partial charge in [0.1, 0.15) is 5.82 Å². The number of amides is 3. The Morgan fingerprint density at radius 2 is 1.67 bits per heavy atom. The van der Waals surface area contributed by atoms with Crippen molar-refractivity contribution in [3.63, 3.8) is 0 Å². The van der Waals surface area contributed by atoms with Crippen LogP contribution in [0.25, 0.3) is 0 Å². The lowest BCUT2D eigenvalue weighted by Gasteiger charge is -2.35. The highest BCUT2D eigenvalue weighted by molar-refractivity contribution is 5.89. The molecule has 4 N–H and O–H groups in total. The topological polar surface area (TPSA) is 87.5 Å². The van der Waals surface area contributed by atoms with Crippen LogP contribution in [0.2, 0.25) is 0 Å². The Hall–Kier alpha value is -2.64. The number of carbonyl (C=O) groups excluding carboxylic acids is 2. The largest absolute Gasteiger partial charge is 0.342 e. The second kappa shape index (κ2) is 10.9. The molecule has 1 fully saturated rings. The minimum atomic E-state index is -0.353. The van der Waals surface area contributed by atoms with E-state index in [-0.39, 0.29) is 48.2 Å². The zero-order valence-electron chi connectivity index (χ0n) is 16.9. The van der Waals surface area contributed by atoms with Gasteiger partial charge in [-0.1, -0.05) is 37.3 Å². The predicted molar refractivity (Wildman–Crippen MR) is 118 cm³/mol. The normalized spacial score (nSPS) is 16.2. The highest BCUT2D eigenvalue weighted by atomic mass is 35.5. The summed E-state index contributed by atoms with van der Waals surface area (Å²) in [6, 6.07) is 14.5. The molecule has 162 valence electrons. The summed E-state index contributed by atoms with van der Waals surface area (Å²) in [6.45, 7) is 3.01. The molecule has 1 saturated heterocycles. The van der Waals surface area contributed by atoms with Gasteiger partial charge in [0.2, 0.25) is 5.91 Å². The van der Waals surface area contributed by atoms with E-state index in [4.69, 9.17) is 5.73 Å². The lowest BCUT2D eigenvalue weighted by atomic mass is 9.93. The van der Waals surface area contributed by atoms with Gasteiger partial charge < -0.3 is 21.3 Å². The molecule has 2 aromatic rings. The van der Waals surface area contributed by atoms with E-state index in [2.05, 4.69) is 10.6 Å². The van der Waals surface area contributed by atoms with Crippen LogP contribution in [0.4, 0.5) is 14.9 Å². The highest BCUT2D eigenvalue weighted by Gasteiger charge is 2.30. The third-order valence-corrected chi connectivity index (χ3v) is 5.36. The molecule has 0 spiro atoms. The van der Waals surface area contributed by atoms with Gasteiger partial charge in [-0.2, -0.15) is 0 Å². The maximum absolute atomic E-state index is 12.9. The lowest BCUT2D eigenvalue weighted by molar-refractivity contribution is -0.136. The number of benzene rings is 2. The number of hydrogen-bond donors (Lipinski definition) is 3. The van der Waals surface area contributed by atoms with E-state index < -0.39 is 0 Å². The standard InChI is InChI=1S/C22H27FN4O2.ClH/c1-15(20(24)16-5-3-2-4-6-16)21(28)27-13-11-19(12-14-27)26-22(29)25-18-9-7-17(23)8-10-18;/h2-10,15,19-20H,11-14,24H2,1H3,(H2,25,26,29);1H. The summed E-state index contributed by atoms with van der Waals surface area (Å²) in [7, 11) is 0. The van der Waals surface area contributed by atoms with Crippen molar-refractivity contribution in [1.82, 2.24) is 10.2 Å². The first-order valence-electron chi connectivity index (χ1n) is 9.86. The summed E-state index contributed by atoms with van der Waals surface area (Å²) < 4.78 is 12.9. The smallest absolute Gasteiger partial charge is 0.319 e. The maximum atomic E-state index is 12.9. The molecule has 2 unspecified atom stereocenters. The Morgan fingerprint density at radius 1 is 1.07 bits per heavy atom. The van der Waals surface area contributed by atoms with Crippen molar-refractivity contribution in [2.24, 2.45) is 11.7 Å². The fourth-order valence-electron chi connectivity index (χ4n) is 3.54. The van der Waals surface area contributed by atoms with Crippen LogP contribution >= 0.6 is 12.4 Å². The van der Waals surface area contributed by atoms with Gasteiger partial charge in [0.25, 0.3) is 0 Å². The number of likely N-dealkylation sites (tertiary alicyclic amines) is 1. The number of halogens is 2. The summed E-state index contributed by atoms with van der Waals surface area (Å²) in [4.78, 5) is 26.8. The Labute approximate surface area is 182 Å². The molecule has 1 aliphatic rings. The van der Waals surface area contributed by atoms with Crippen molar-refractivity contribution in [3.8, 4) is 0 Å². The zero-order valence-corrected chi connectivity index (χ0v) is 17.7. The Bertz CT molecular complexity index is 827. The first-order valence-corrected chi connectivity index (χ1v) is 9.86. The molecule has 0 aliphatic carbocycles. The molecule has 1 aliphatic heterocycles. The molecular weight excluding hydrogens is 407 g/mol. The molecule has 6 nitrogen and oxygen atoms in total. The Morgan fingerprint density at radius 3 is 2.27 bits per heavy atom. The van der Waals surface area contributed by atoms with E-state index in [9.17, 15) is 14.0 Å². The van der Waals surface area contributed by atoms with E-state index in [1.54, 1.807) is 0 Å². The van der Waals surface area contributed by atoms with Crippen LogP contribution in [-0.4, -0.2) is 36.0 Å². The molecule has 1 heterocycles. The van der Waals surface area contributed by atoms with Crippen LogP contribution < -0.4 is 16.4 Å². The highest BCUT2D eigenvalue weighted by Crippen LogP contribution is 2.23. The number of nitrogens with two attached hydrogens (primary N) is 1. The van der Waals surface area contributed by atoms with Crippen molar-refractivity contribution in [2.75, 3.05) is 18.4 Å². The summed E-state index contributed by atoms with van der Waals surface area (Å²) in [5.41, 5.74) is 7.76. The molecule has 0 bridgehead atoms. The van der Waals surface area contributed by atoms with Gasteiger partial charge in [-0.3, -0.25) is 4.79 Å². The van der Waals surface area contributed by atoms with Crippen molar-refractivity contribution in [2.45, 2.75) is 31.8 Å². The number of rotatable bonds is 5. The fourth-order valence-corrected chi connectivity index (χ4v) is 3.54. The van der Waals surface area contributed by atoms with Crippen molar-refractivity contribution < 1.29 is 14.0 Å². The molecule has 0 aromatic heterocycles. The summed E-state index contributed by atoms with van der Waals surface area (Å²) >= 11 is 0. The number of anilines is 1. The van der Waals surface area contributed by atoms with Gasteiger partial charge in [0.15, 0.2) is 0 Å². The molecule has 8 heteroatoms. The monoisotopic (exact) mass is 434 g/mol. The lowest BCUT2D eigenvalue weighted by Crippen LogP contribution is -2.49. The van der Waals surface area contributed by atoms with Gasteiger partial charge in [-0.05, 0) is 42.7 Å². The minimum absolute atomic E-state index is 0. The molecule has 3 rings (SSSR count). The van der Waals surface area contributed by atoms with Gasteiger partial charge in [-0.15, -0.1) is 12.4 Å². The maximum Gasteiger partial charge on any atom is 0.319 e. The van der Waals surface area contributed by atoms with Crippen LogP contribution in [0, 0.1) is 11.7 Å². The average Bonchev–Trinajstić information content (AvgIpc) is 2.75. The molecule has 0 radical (unpaired) electrons. The fraction of sp³-hybridized carbons (Fsp3) is 0.364. The van der Waals surface area contributed by atoms with E-state index >= 15 is 0 Å². The number of piperidine rings is 1. The van der Waals surface area contributed by atoms with Crippen LogP contribution in [-0.2, 0) is 4.79 Å². The number of nitrogens with one attached hydrogen (secondary N) is 2. The zero-order chi connectivity index (χ0) is 20.8. The Kier molecular flexibility index (Phi) is 8.62. The SMILES string of the molecule is CC(C(=O)N1CCC(NC(=O)Nc2ccc(F)cc2)CC1)C(N)c1ccccc1.Cl. The third-order valence-electron chi connectivity index (χ3n) is 5.36. The summed E-state index contributed by atoms with van der Waals surface area (Å²) in [5.74, 6) is -0.631. The first kappa shape index (κ1) is 23.6. The van der Waals surface area contributed by atoms with Crippen molar-refractivity contribution in [3.05, 3.63) is 66.0 Å². The number of urea groups is 1. The van der Waals surface area contributed by atoms with Gasteiger partial charge in [-0.25, -0.2) is 9.18 Å². The quantitative estimate of drug-likeness (QED) is 0.670. The molecule has 30 heavy (non-hydrogen) atoms.